The maximum absolute atomic E-state index is 14.7. The Labute approximate surface area is 369 Å². The van der Waals surface area contributed by atoms with Crippen molar-refractivity contribution < 1.29 is 56.4 Å². The highest BCUT2D eigenvalue weighted by molar-refractivity contribution is 5.98. The van der Waals surface area contributed by atoms with E-state index in [1.165, 1.54) is 24.2 Å². The van der Waals surface area contributed by atoms with Gasteiger partial charge in [0.25, 0.3) is 5.91 Å². The fourth-order valence-corrected chi connectivity index (χ4v) is 7.13. The Balaban J connectivity index is 1.22. The van der Waals surface area contributed by atoms with E-state index in [1.807, 2.05) is 13.8 Å². The van der Waals surface area contributed by atoms with Crippen molar-refractivity contribution in [3.05, 3.63) is 71.7 Å². The van der Waals surface area contributed by atoms with Gasteiger partial charge in [0, 0.05) is 53.5 Å². The zero-order chi connectivity index (χ0) is 46.7. The number of pyridine rings is 1. The number of anilines is 1. The summed E-state index contributed by atoms with van der Waals surface area (Å²) in [7, 11) is 1.46. The standard InChI is InChI=1S/C45H53F2N7O10/c1-43(2,3)63-41(58)33(51-42(59)64-44(4,5)6)10-11-36(55)49-22-37(56)50-28-14-25(20-48-21-28)30-18-31-35(19-34(30)60-9)62-23-32-38(40(57)53-12-13-61-24-45(53,7)8)52-54(39(31)32)29-16-26(46)15-27(47)17-29/h14-21,33H,10-13,22-24H2,1-9H3,(H,49,55)(H,50,56)(H,51,59)/t33-/m1/s1. The van der Waals surface area contributed by atoms with Crippen LogP contribution in [-0.4, -0.2) is 106 Å². The number of fused-ring (bicyclic) bond motifs is 3. The van der Waals surface area contributed by atoms with Crippen LogP contribution >= 0.6 is 0 Å². The number of carbonyl (C=O) groups is 5. The summed E-state index contributed by atoms with van der Waals surface area (Å²) in [6.45, 7) is 14.2. The summed E-state index contributed by atoms with van der Waals surface area (Å²) in [6, 6.07) is 6.77. The van der Waals surface area contributed by atoms with Gasteiger partial charge in [0.15, 0.2) is 5.69 Å². The van der Waals surface area contributed by atoms with Crippen molar-refractivity contribution in [1.82, 2.24) is 30.3 Å². The molecule has 4 amide bonds. The molecule has 342 valence electrons. The Hall–Kier alpha value is -6.63. The van der Waals surface area contributed by atoms with E-state index in [0.717, 1.165) is 18.2 Å². The quantitative estimate of drug-likeness (QED) is 0.138. The molecule has 0 unspecified atom stereocenters. The topological polar surface area (TPSA) is 202 Å². The van der Waals surface area contributed by atoms with Gasteiger partial charge in [0.1, 0.15) is 47.0 Å². The van der Waals surface area contributed by atoms with Crippen molar-refractivity contribution in [3.63, 3.8) is 0 Å². The van der Waals surface area contributed by atoms with Crippen LogP contribution in [0.25, 0.3) is 28.1 Å². The summed E-state index contributed by atoms with van der Waals surface area (Å²) in [5, 5.41) is 12.4. The Bertz CT molecular complexity index is 2440. The Kier molecular flexibility index (Phi) is 13.6. The Morgan fingerprint density at radius 1 is 0.906 bits per heavy atom. The highest BCUT2D eigenvalue weighted by atomic mass is 19.1. The number of halogens is 2. The molecule has 1 fully saturated rings. The number of nitrogens with zero attached hydrogens (tertiary/aromatic N) is 4. The van der Waals surface area contributed by atoms with Gasteiger partial charge in [0.2, 0.25) is 11.8 Å². The van der Waals surface area contributed by atoms with Gasteiger partial charge in [-0.15, -0.1) is 0 Å². The van der Waals surface area contributed by atoms with Crippen LogP contribution in [0.2, 0.25) is 0 Å². The molecule has 0 aliphatic carbocycles. The van der Waals surface area contributed by atoms with Gasteiger partial charge in [0.05, 0.1) is 55.7 Å². The molecule has 17 nitrogen and oxygen atoms in total. The van der Waals surface area contributed by atoms with E-state index in [9.17, 15) is 32.8 Å². The number of methoxy groups -OCH3 is 1. The predicted molar refractivity (Wildman–Crippen MR) is 229 cm³/mol. The molecule has 2 aromatic carbocycles. The first-order valence-corrected chi connectivity index (χ1v) is 20.6. The maximum atomic E-state index is 14.7. The number of aromatic nitrogens is 3. The molecule has 4 aromatic rings. The minimum Gasteiger partial charge on any atom is -0.496 e. The van der Waals surface area contributed by atoms with Crippen LogP contribution in [0.1, 0.15) is 84.3 Å². The van der Waals surface area contributed by atoms with Gasteiger partial charge in [-0.25, -0.2) is 23.1 Å². The fraction of sp³-hybridized carbons (Fsp3) is 0.444. The van der Waals surface area contributed by atoms with Gasteiger partial charge >= 0.3 is 12.1 Å². The SMILES string of the molecule is COc1cc2c(cc1-c1cncc(NC(=O)CNC(=O)CC[C@@H](NC(=O)OC(C)(C)C)C(=O)OC(C)(C)C)c1)-c1c(c(C(=O)N3CCOCC3(C)C)nn1-c1cc(F)cc(F)c1)CO2. The molecule has 64 heavy (non-hydrogen) atoms. The van der Waals surface area contributed by atoms with Crippen molar-refractivity contribution in [2.45, 2.75) is 97.6 Å². The minimum atomic E-state index is -1.20. The second kappa shape index (κ2) is 18.6. The molecule has 0 radical (unpaired) electrons. The van der Waals surface area contributed by atoms with Crippen molar-refractivity contribution in [1.29, 1.82) is 0 Å². The van der Waals surface area contributed by atoms with Crippen LogP contribution in [0, 0.1) is 11.6 Å². The average Bonchev–Trinajstić information content (AvgIpc) is 3.59. The lowest BCUT2D eigenvalue weighted by Gasteiger charge is -2.41. The van der Waals surface area contributed by atoms with Crippen LogP contribution in [-0.2, 0) is 35.2 Å². The summed E-state index contributed by atoms with van der Waals surface area (Å²) >= 11 is 0. The van der Waals surface area contributed by atoms with Crippen molar-refractivity contribution in [3.8, 4) is 39.6 Å². The second-order valence-corrected chi connectivity index (χ2v) is 17.9. The van der Waals surface area contributed by atoms with Crippen molar-refractivity contribution >= 4 is 35.5 Å². The molecule has 3 N–H and O–H groups in total. The summed E-state index contributed by atoms with van der Waals surface area (Å²) in [5.41, 5.74) is 0.168. The van der Waals surface area contributed by atoms with E-state index in [0.29, 0.717) is 59.2 Å². The van der Waals surface area contributed by atoms with Crippen molar-refractivity contribution in [2.75, 3.05) is 38.7 Å². The number of hydrogen-bond acceptors (Lipinski definition) is 12. The third-order valence-corrected chi connectivity index (χ3v) is 9.92. The number of carbonyl (C=O) groups excluding carboxylic acids is 5. The fourth-order valence-electron chi connectivity index (χ4n) is 7.13. The van der Waals surface area contributed by atoms with E-state index in [4.69, 9.17) is 23.7 Å². The molecule has 6 rings (SSSR count). The Morgan fingerprint density at radius 2 is 1.61 bits per heavy atom. The number of alkyl carbamates (subject to hydrolysis) is 1. The number of esters is 1. The van der Waals surface area contributed by atoms with E-state index < -0.39 is 70.7 Å². The minimum absolute atomic E-state index is 0.0399. The molecular formula is C45H53F2N7O10. The molecule has 4 heterocycles. The molecule has 1 atom stereocenters. The van der Waals surface area contributed by atoms with Gasteiger partial charge in [-0.05, 0) is 86.1 Å². The summed E-state index contributed by atoms with van der Waals surface area (Å²) < 4.78 is 59.0. The number of amides is 4. The van der Waals surface area contributed by atoms with Crippen LogP contribution in [0.3, 0.4) is 0 Å². The average molecular weight is 890 g/mol. The number of morpholine rings is 1. The number of hydrogen-bond donors (Lipinski definition) is 3. The normalized spacial score (nSPS) is 14.8. The first-order chi connectivity index (χ1) is 30.0. The van der Waals surface area contributed by atoms with E-state index >= 15 is 0 Å². The molecule has 1 saturated heterocycles. The third-order valence-electron chi connectivity index (χ3n) is 9.92. The zero-order valence-corrected chi connectivity index (χ0v) is 37.3. The molecule has 2 aliphatic heterocycles. The lowest BCUT2D eigenvalue weighted by molar-refractivity contribution is -0.157. The van der Waals surface area contributed by atoms with Crippen LogP contribution in [0.4, 0.5) is 19.3 Å². The van der Waals surface area contributed by atoms with Gasteiger partial charge in [-0.2, -0.15) is 5.10 Å². The van der Waals surface area contributed by atoms with Gasteiger partial charge in [-0.3, -0.25) is 19.4 Å². The lowest BCUT2D eigenvalue weighted by Crippen LogP contribution is -2.55. The molecule has 0 saturated carbocycles. The molecular weight excluding hydrogens is 837 g/mol. The second-order valence-electron chi connectivity index (χ2n) is 17.9. The summed E-state index contributed by atoms with van der Waals surface area (Å²) in [6.07, 6.45) is 1.72. The highest BCUT2D eigenvalue weighted by Gasteiger charge is 2.39. The van der Waals surface area contributed by atoms with E-state index in [1.54, 1.807) is 64.6 Å². The smallest absolute Gasteiger partial charge is 0.408 e. The predicted octanol–water partition coefficient (Wildman–Crippen LogP) is 6.10. The number of ether oxygens (including phenoxy) is 5. The molecule has 2 aromatic heterocycles. The van der Waals surface area contributed by atoms with E-state index in [-0.39, 0.29) is 36.5 Å². The lowest BCUT2D eigenvalue weighted by atomic mass is 9.95. The largest absolute Gasteiger partial charge is 0.496 e. The van der Waals surface area contributed by atoms with Crippen molar-refractivity contribution in [2.24, 2.45) is 0 Å². The van der Waals surface area contributed by atoms with Crippen LogP contribution < -0.4 is 25.4 Å². The molecule has 0 spiro atoms. The first kappa shape index (κ1) is 46.9. The Morgan fingerprint density at radius 3 is 2.27 bits per heavy atom. The zero-order valence-electron chi connectivity index (χ0n) is 37.3. The maximum Gasteiger partial charge on any atom is 0.408 e. The van der Waals surface area contributed by atoms with Gasteiger partial charge < -0.3 is 44.5 Å². The van der Waals surface area contributed by atoms with Gasteiger partial charge in [-0.1, -0.05) is 0 Å². The molecule has 2 aliphatic rings. The molecule has 0 bridgehead atoms. The highest BCUT2D eigenvalue weighted by Crippen LogP contribution is 2.46. The van der Waals surface area contributed by atoms with Crippen LogP contribution in [0.15, 0.2) is 48.8 Å². The monoisotopic (exact) mass is 889 g/mol. The van der Waals surface area contributed by atoms with E-state index in [2.05, 4.69) is 26.0 Å². The third kappa shape index (κ3) is 11.3. The summed E-state index contributed by atoms with van der Waals surface area (Å²) in [5.74, 6) is -3.28. The van der Waals surface area contributed by atoms with Crippen LogP contribution in [0.5, 0.6) is 11.5 Å². The number of benzene rings is 2. The number of nitrogens with one attached hydrogen (secondary N) is 3. The first-order valence-electron chi connectivity index (χ1n) is 20.6. The number of rotatable bonds is 12. The summed E-state index contributed by atoms with van der Waals surface area (Å²) in [4.78, 5) is 71.5. The molecule has 19 heteroatoms.